The van der Waals surface area contributed by atoms with Gasteiger partial charge >= 0.3 is 0 Å². The van der Waals surface area contributed by atoms with Gasteiger partial charge in [-0.25, -0.2) is 0 Å². The van der Waals surface area contributed by atoms with Crippen LogP contribution in [0.2, 0.25) is 0 Å². The molecule has 0 spiro atoms. The van der Waals surface area contributed by atoms with Crippen molar-refractivity contribution in [3.05, 3.63) is 38.4 Å². The standard InChI is InChI=1S/C13H17N3O5/c1-9-5-6-14(8-13(9)21-2)11-4-3-10(15(17)18)7-12(11)16(19)20/h3-4,7,9,13H,5-6,8H2,1-2H3. The summed E-state index contributed by atoms with van der Waals surface area (Å²) in [6.07, 6.45) is 0.848. The van der Waals surface area contributed by atoms with E-state index in [1.54, 1.807) is 7.11 Å². The predicted octanol–water partition coefficient (Wildman–Crippen LogP) is 2.36. The molecule has 0 bridgehead atoms. The number of ether oxygens (including phenoxy) is 1. The Balaban J connectivity index is 2.35. The zero-order chi connectivity index (χ0) is 15.6. The van der Waals surface area contributed by atoms with E-state index in [1.807, 2.05) is 4.90 Å². The number of piperidine rings is 1. The summed E-state index contributed by atoms with van der Waals surface area (Å²) in [5, 5.41) is 21.9. The Hall–Kier alpha value is -2.22. The average molecular weight is 295 g/mol. The lowest BCUT2D eigenvalue weighted by atomic mass is 9.95. The van der Waals surface area contributed by atoms with Gasteiger partial charge in [0, 0.05) is 26.3 Å². The molecule has 2 rings (SSSR count). The highest BCUT2D eigenvalue weighted by molar-refractivity contribution is 5.67. The maximum absolute atomic E-state index is 11.2. The molecule has 0 aromatic heterocycles. The van der Waals surface area contributed by atoms with E-state index in [0.717, 1.165) is 12.5 Å². The molecular weight excluding hydrogens is 278 g/mol. The summed E-state index contributed by atoms with van der Waals surface area (Å²) in [5.74, 6) is 0.378. The number of methoxy groups -OCH3 is 1. The van der Waals surface area contributed by atoms with Gasteiger partial charge in [-0.2, -0.15) is 0 Å². The number of non-ortho nitro benzene ring substituents is 1. The zero-order valence-corrected chi connectivity index (χ0v) is 11.9. The van der Waals surface area contributed by atoms with E-state index in [2.05, 4.69) is 6.92 Å². The molecule has 2 unspecified atom stereocenters. The molecule has 21 heavy (non-hydrogen) atoms. The summed E-state index contributed by atoms with van der Waals surface area (Å²) in [6, 6.07) is 3.75. The van der Waals surface area contributed by atoms with Crippen molar-refractivity contribution in [1.82, 2.24) is 0 Å². The highest BCUT2D eigenvalue weighted by atomic mass is 16.6. The largest absolute Gasteiger partial charge is 0.379 e. The van der Waals surface area contributed by atoms with E-state index in [-0.39, 0.29) is 17.5 Å². The molecule has 0 amide bonds. The molecule has 1 aromatic rings. The van der Waals surface area contributed by atoms with Crippen molar-refractivity contribution >= 4 is 17.1 Å². The van der Waals surface area contributed by atoms with Crippen molar-refractivity contribution in [2.24, 2.45) is 5.92 Å². The lowest BCUT2D eigenvalue weighted by Crippen LogP contribution is -2.44. The summed E-state index contributed by atoms with van der Waals surface area (Å²) in [5.41, 5.74) is -0.118. The molecule has 1 aliphatic heterocycles. The number of nitro groups is 2. The third kappa shape index (κ3) is 3.10. The number of hydrogen-bond donors (Lipinski definition) is 0. The van der Waals surface area contributed by atoms with Crippen LogP contribution in [-0.4, -0.2) is 36.1 Å². The summed E-state index contributed by atoms with van der Waals surface area (Å²) < 4.78 is 5.40. The monoisotopic (exact) mass is 295 g/mol. The first-order valence-corrected chi connectivity index (χ1v) is 6.64. The van der Waals surface area contributed by atoms with E-state index in [0.29, 0.717) is 24.7 Å². The van der Waals surface area contributed by atoms with Crippen LogP contribution in [0.3, 0.4) is 0 Å². The first kappa shape index (κ1) is 15.2. The van der Waals surface area contributed by atoms with Gasteiger partial charge in [0.25, 0.3) is 11.4 Å². The molecule has 0 radical (unpaired) electrons. The molecule has 8 heteroatoms. The fraction of sp³-hybridized carbons (Fsp3) is 0.538. The smallest absolute Gasteiger partial charge is 0.299 e. The molecule has 1 aliphatic rings. The number of benzene rings is 1. The molecule has 1 aromatic carbocycles. The maximum atomic E-state index is 11.2. The van der Waals surface area contributed by atoms with E-state index < -0.39 is 9.85 Å². The third-order valence-electron chi connectivity index (χ3n) is 3.90. The fourth-order valence-corrected chi connectivity index (χ4v) is 2.60. The minimum atomic E-state index is -0.632. The number of hydrogen-bond acceptors (Lipinski definition) is 6. The van der Waals surface area contributed by atoms with Gasteiger partial charge in [0.2, 0.25) is 0 Å². The van der Waals surface area contributed by atoms with Crippen molar-refractivity contribution in [2.75, 3.05) is 25.1 Å². The van der Waals surface area contributed by atoms with Crippen LogP contribution in [0.25, 0.3) is 0 Å². The second-order valence-corrected chi connectivity index (χ2v) is 5.17. The van der Waals surface area contributed by atoms with Gasteiger partial charge in [-0.1, -0.05) is 6.92 Å². The second kappa shape index (κ2) is 6.04. The fourth-order valence-electron chi connectivity index (χ4n) is 2.60. The molecule has 114 valence electrons. The minimum Gasteiger partial charge on any atom is -0.379 e. The molecular formula is C13H17N3O5. The normalized spacial score (nSPS) is 22.1. The molecule has 1 heterocycles. The Morgan fingerprint density at radius 3 is 2.57 bits per heavy atom. The molecule has 8 nitrogen and oxygen atoms in total. The summed E-state index contributed by atoms with van der Waals surface area (Å²) >= 11 is 0. The highest BCUT2D eigenvalue weighted by Gasteiger charge is 2.30. The van der Waals surface area contributed by atoms with Crippen LogP contribution in [0.5, 0.6) is 0 Å². The number of nitrogens with zero attached hydrogens (tertiary/aromatic N) is 3. The first-order chi connectivity index (χ1) is 9.93. The Morgan fingerprint density at radius 2 is 2.00 bits per heavy atom. The van der Waals surface area contributed by atoms with Crippen molar-refractivity contribution in [3.8, 4) is 0 Å². The van der Waals surface area contributed by atoms with E-state index in [9.17, 15) is 20.2 Å². The number of anilines is 1. The van der Waals surface area contributed by atoms with Crippen LogP contribution >= 0.6 is 0 Å². The van der Waals surface area contributed by atoms with Crippen molar-refractivity contribution < 1.29 is 14.6 Å². The van der Waals surface area contributed by atoms with Crippen LogP contribution in [0.4, 0.5) is 17.1 Å². The van der Waals surface area contributed by atoms with E-state index >= 15 is 0 Å². The summed E-state index contributed by atoms with van der Waals surface area (Å²) in [4.78, 5) is 22.6. The van der Waals surface area contributed by atoms with Gasteiger partial charge in [-0.15, -0.1) is 0 Å². The first-order valence-electron chi connectivity index (χ1n) is 6.64. The quantitative estimate of drug-likeness (QED) is 0.624. The summed E-state index contributed by atoms with van der Waals surface area (Å²) in [7, 11) is 1.62. The van der Waals surface area contributed by atoms with Crippen LogP contribution in [0.1, 0.15) is 13.3 Å². The van der Waals surface area contributed by atoms with Crippen LogP contribution in [0.15, 0.2) is 18.2 Å². The van der Waals surface area contributed by atoms with Gasteiger partial charge in [-0.3, -0.25) is 20.2 Å². The van der Waals surface area contributed by atoms with E-state index in [1.165, 1.54) is 12.1 Å². The Labute approximate surface area is 121 Å². The molecule has 0 N–H and O–H groups in total. The lowest BCUT2D eigenvalue weighted by Gasteiger charge is -2.37. The Kier molecular flexibility index (Phi) is 4.37. The third-order valence-corrected chi connectivity index (χ3v) is 3.90. The summed E-state index contributed by atoms with van der Waals surface area (Å²) in [6.45, 7) is 3.28. The molecule has 2 atom stereocenters. The highest BCUT2D eigenvalue weighted by Crippen LogP contribution is 2.34. The van der Waals surface area contributed by atoms with Gasteiger partial charge in [-0.05, 0) is 18.4 Å². The molecule has 0 saturated carbocycles. The minimum absolute atomic E-state index is 0.00598. The van der Waals surface area contributed by atoms with Crippen LogP contribution < -0.4 is 4.90 Å². The van der Waals surface area contributed by atoms with Crippen LogP contribution in [0, 0.1) is 26.1 Å². The second-order valence-electron chi connectivity index (χ2n) is 5.17. The van der Waals surface area contributed by atoms with Crippen molar-refractivity contribution in [3.63, 3.8) is 0 Å². The topological polar surface area (TPSA) is 98.8 Å². The zero-order valence-electron chi connectivity index (χ0n) is 11.9. The SMILES string of the molecule is COC1CN(c2ccc([N+](=O)[O-])cc2[N+](=O)[O-])CCC1C. The maximum Gasteiger partial charge on any atom is 0.299 e. The molecule has 0 aliphatic carbocycles. The molecule has 1 fully saturated rings. The van der Waals surface area contributed by atoms with Crippen molar-refractivity contribution in [2.45, 2.75) is 19.4 Å². The van der Waals surface area contributed by atoms with E-state index in [4.69, 9.17) is 4.74 Å². The molecule has 1 saturated heterocycles. The Bertz CT molecular complexity index is 563. The van der Waals surface area contributed by atoms with Gasteiger partial charge in [0.05, 0.1) is 22.0 Å². The van der Waals surface area contributed by atoms with Crippen LogP contribution in [-0.2, 0) is 4.74 Å². The number of nitro benzene ring substituents is 2. The van der Waals surface area contributed by atoms with Crippen molar-refractivity contribution in [1.29, 1.82) is 0 Å². The lowest BCUT2D eigenvalue weighted by molar-refractivity contribution is -0.393. The predicted molar refractivity (Wildman–Crippen MR) is 76.5 cm³/mol. The number of rotatable bonds is 4. The van der Waals surface area contributed by atoms with Gasteiger partial charge in [0.15, 0.2) is 0 Å². The average Bonchev–Trinajstić information content (AvgIpc) is 2.47. The van der Waals surface area contributed by atoms with Gasteiger partial charge < -0.3 is 9.64 Å². The Morgan fingerprint density at radius 1 is 1.29 bits per heavy atom. The van der Waals surface area contributed by atoms with Gasteiger partial charge in [0.1, 0.15) is 5.69 Å².